The van der Waals surface area contributed by atoms with Gasteiger partial charge in [-0.3, -0.25) is 4.68 Å². The quantitative estimate of drug-likeness (QED) is 0.463. The van der Waals surface area contributed by atoms with E-state index in [1.54, 1.807) is 0 Å². The number of anilines is 3. The van der Waals surface area contributed by atoms with Gasteiger partial charge in [0.1, 0.15) is 5.82 Å². The Bertz CT molecular complexity index is 643. The van der Waals surface area contributed by atoms with E-state index in [0.29, 0.717) is 0 Å². The molecule has 0 amide bonds. The Morgan fingerprint density at radius 3 is 2.50 bits per heavy atom. The van der Waals surface area contributed by atoms with Crippen LogP contribution in [0.3, 0.4) is 0 Å². The Hall–Kier alpha value is -1.86. The van der Waals surface area contributed by atoms with Crippen LogP contribution in [0.5, 0.6) is 0 Å². The molecule has 1 aliphatic heterocycles. The van der Waals surface area contributed by atoms with Crippen molar-refractivity contribution in [3.63, 3.8) is 0 Å². The van der Waals surface area contributed by atoms with Crippen LogP contribution in [0.15, 0.2) is 30.5 Å². The van der Waals surface area contributed by atoms with Gasteiger partial charge < -0.3 is 25.3 Å². The molecule has 3 rings (SSSR count). The molecule has 0 radical (unpaired) electrons. The van der Waals surface area contributed by atoms with Crippen LogP contribution in [0, 0.1) is 0 Å². The maximum absolute atomic E-state index is 8.88. The largest absolute Gasteiger partial charge is 0.466 e. The molecule has 0 unspecified atom stereocenters. The molecule has 0 bridgehead atoms. The van der Waals surface area contributed by atoms with Crippen molar-refractivity contribution in [2.45, 2.75) is 6.54 Å². The van der Waals surface area contributed by atoms with E-state index in [1.165, 1.54) is 5.56 Å². The normalized spacial score (nSPS) is 12.8. The molecule has 2 heterocycles. The average Bonchev–Trinajstić information content (AvgIpc) is 2.59. The molecule has 1 aliphatic rings. The van der Waals surface area contributed by atoms with Crippen LogP contribution >= 0.6 is 7.82 Å². The maximum Gasteiger partial charge on any atom is 0.466 e. The van der Waals surface area contributed by atoms with Crippen LogP contribution in [0.4, 0.5) is 17.2 Å². The highest BCUT2D eigenvalue weighted by atomic mass is 31.2. The maximum atomic E-state index is 8.88. The summed E-state index contributed by atoms with van der Waals surface area (Å²) in [6.07, 6.45) is 1.89. The first-order chi connectivity index (χ1) is 9.34. The number of benzene rings is 1. The molecule has 1 aromatic heterocycles. The predicted octanol–water partition coefficient (Wildman–Crippen LogP) is 1.16. The van der Waals surface area contributed by atoms with Crippen LogP contribution < -0.4 is 10.6 Å². The van der Waals surface area contributed by atoms with Gasteiger partial charge in [0.25, 0.3) is 0 Å². The van der Waals surface area contributed by atoms with Gasteiger partial charge in [0.15, 0.2) is 0 Å². The minimum Gasteiger partial charge on any atom is -0.379 e. The molecule has 108 valence electrons. The summed E-state index contributed by atoms with van der Waals surface area (Å²) in [5, 5.41) is 11.0. The minimum atomic E-state index is -4.64. The fourth-order valence-corrected chi connectivity index (χ4v) is 1.84. The number of phosphoric acid groups is 1. The Kier molecular flexibility index (Phi) is 4.10. The van der Waals surface area contributed by atoms with Crippen molar-refractivity contribution in [2.75, 3.05) is 10.6 Å². The average molecular weight is 298 g/mol. The number of nitrogens with zero attached hydrogens (tertiary/aromatic N) is 2. The first-order valence-corrected chi connectivity index (χ1v) is 7.30. The van der Waals surface area contributed by atoms with E-state index in [4.69, 9.17) is 19.2 Å². The Labute approximate surface area is 115 Å². The van der Waals surface area contributed by atoms with Gasteiger partial charge in [0.05, 0.1) is 17.6 Å². The molecular weight excluding hydrogens is 283 g/mol. The molecule has 1 aromatic carbocycles. The van der Waals surface area contributed by atoms with Gasteiger partial charge in [0, 0.05) is 19.2 Å². The van der Waals surface area contributed by atoms with Gasteiger partial charge in [0.2, 0.25) is 0 Å². The third-order valence-corrected chi connectivity index (χ3v) is 2.66. The minimum absolute atomic E-state index is 0.813. The number of rotatable bonds is 0. The summed E-state index contributed by atoms with van der Waals surface area (Å²) in [5.74, 6) is 1.06. The Morgan fingerprint density at radius 1 is 1.25 bits per heavy atom. The molecule has 5 N–H and O–H groups in total. The number of nitrogens with one attached hydrogen (secondary N) is 2. The fraction of sp³-hybridized carbons (Fsp3) is 0.182. The molecule has 0 fully saturated rings. The third kappa shape index (κ3) is 3.82. The summed E-state index contributed by atoms with van der Waals surface area (Å²) in [5.41, 5.74) is 3.42. The predicted molar refractivity (Wildman–Crippen MR) is 74.5 cm³/mol. The summed E-state index contributed by atoms with van der Waals surface area (Å²) in [6, 6.07) is 8.18. The molecule has 0 saturated heterocycles. The van der Waals surface area contributed by atoms with Gasteiger partial charge in [-0.1, -0.05) is 12.1 Å². The lowest BCUT2D eigenvalue weighted by Gasteiger charge is -2.08. The fourth-order valence-electron chi connectivity index (χ4n) is 1.84. The molecule has 0 atom stereocenters. The number of para-hydroxylation sites is 2. The van der Waals surface area contributed by atoms with E-state index in [1.807, 2.05) is 30.1 Å². The summed E-state index contributed by atoms with van der Waals surface area (Å²) < 4.78 is 10.7. The van der Waals surface area contributed by atoms with Gasteiger partial charge in [-0.05, 0) is 12.1 Å². The Morgan fingerprint density at radius 2 is 1.85 bits per heavy atom. The first kappa shape index (κ1) is 14.5. The van der Waals surface area contributed by atoms with Gasteiger partial charge in [-0.25, -0.2) is 4.57 Å². The van der Waals surface area contributed by atoms with Crippen molar-refractivity contribution in [1.82, 2.24) is 9.78 Å². The second-order valence-electron chi connectivity index (χ2n) is 4.18. The lowest BCUT2D eigenvalue weighted by Crippen LogP contribution is -1.99. The summed E-state index contributed by atoms with van der Waals surface area (Å²) >= 11 is 0. The van der Waals surface area contributed by atoms with E-state index < -0.39 is 7.82 Å². The topological polar surface area (TPSA) is 120 Å². The number of fused-ring (bicyclic) bond motifs is 2. The number of hydrogen-bond donors (Lipinski definition) is 5. The van der Waals surface area contributed by atoms with Crippen LogP contribution in [-0.4, -0.2) is 24.5 Å². The highest BCUT2D eigenvalue weighted by molar-refractivity contribution is 7.45. The lowest BCUT2D eigenvalue weighted by molar-refractivity contribution is 0.275. The standard InChI is InChI=1S/C11H12N4.H3O4P/c1-15-11-8(7-13-15)6-12-9-4-2-3-5-10(9)14-11;1-5(2,3)4/h2-5,7,12,14H,6H2,1H3;(H3,1,2,3,4). The van der Waals surface area contributed by atoms with Gasteiger partial charge in [-0.2, -0.15) is 5.10 Å². The molecule has 2 aromatic rings. The van der Waals surface area contributed by atoms with Crippen LogP contribution in [0.25, 0.3) is 0 Å². The molecule has 0 aliphatic carbocycles. The second-order valence-corrected chi connectivity index (χ2v) is 5.21. The van der Waals surface area contributed by atoms with Crippen LogP contribution in [0.2, 0.25) is 0 Å². The van der Waals surface area contributed by atoms with E-state index in [0.717, 1.165) is 23.7 Å². The van der Waals surface area contributed by atoms with Gasteiger partial charge >= 0.3 is 7.82 Å². The molecule has 0 saturated carbocycles. The smallest absolute Gasteiger partial charge is 0.379 e. The molecule has 9 heteroatoms. The third-order valence-electron chi connectivity index (χ3n) is 2.66. The number of aromatic nitrogens is 2. The second kappa shape index (κ2) is 5.64. The molecule has 0 spiro atoms. The highest BCUT2D eigenvalue weighted by Gasteiger charge is 2.14. The molecular formula is C11H15N4O4P. The SMILES string of the molecule is Cn1ncc2c1Nc1ccccc1NC2.O=P(O)(O)O. The van der Waals surface area contributed by atoms with E-state index >= 15 is 0 Å². The van der Waals surface area contributed by atoms with Crippen LogP contribution in [0.1, 0.15) is 5.56 Å². The van der Waals surface area contributed by atoms with Crippen LogP contribution in [-0.2, 0) is 18.2 Å². The zero-order chi connectivity index (χ0) is 14.8. The number of aryl methyl sites for hydroxylation is 1. The van der Waals surface area contributed by atoms with Crippen molar-refractivity contribution >= 4 is 25.0 Å². The van der Waals surface area contributed by atoms with E-state index in [-0.39, 0.29) is 0 Å². The van der Waals surface area contributed by atoms with Crippen molar-refractivity contribution in [2.24, 2.45) is 7.05 Å². The van der Waals surface area contributed by atoms with Crippen molar-refractivity contribution in [3.05, 3.63) is 36.0 Å². The van der Waals surface area contributed by atoms with Crippen molar-refractivity contribution in [1.29, 1.82) is 0 Å². The van der Waals surface area contributed by atoms with Gasteiger partial charge in [-0.15, -0.1) is 0 Å². The zero-order valence-electron chi connectivity index (χ0n) is 10.7. The monoisotopic (exact) mass is 298 g/mol. The zero-order valence-corrected chi connectivity index (χ0v) is 11.6. The summed E-state index contributed by atoms with van der Waals surface area (Å²) in [7, 11) is -2.69. The molecule has 8 nitrogen and oxygen atoms in total. The number of hydrogen-bond acceptors (Lipinski definition) is 4. The highest BCUT2D eigenvalue weighted by Crippen LogP contribution is 2.30. The summed E-state index contributed by atoms with van der Waals surface area (Å²) in [6.45, 7) is 0.813. The van der Waals surface area contributed by atoms with Crippen molar-refractivity contribution < 1.29 is 19.2 Å². The molecule has 20 heavy (non-hydrogen) atoms. The first-order valence-electron chi connectivity index (χ1n) is 5.73. The van der Waals surface area contributed by atoms with Crippen molar-refractivity contribution in [3.8, 4) is 0 Å². The summed E-state index contributed by atoms with van der Waals surface area (Å²) in [4.78, 5) is 21.6. The van der Waals surface area contributed by atoms with E-state index in [9.17, 15) is 0 Å². The van der Waals surface area contributed by atoms with E-state index in [2.05, 4.69) is 27.9 Å². The Balaban J connectivity index is 0.000000257. The lowest BCUT2D eigenvalue weighted by atomic mass is 10.2.